The summed E-state index contributed by atoms with van der Waals surface area (Å²) < 4.78 is 5.31. The van der Waals surface area contributed by atoms with Crippen LogP contribution in [0.1, 0.15) is 17.5 Å². The second-order valence-corrected chi connectivity index (χ2v) is 5.12. The molecule has 6 nitrogen and oxygen atoms in total. The van der Waals surface area contributed by atoms with Crippen molar-refractivity contribution in [3.8, 4) is 5.75 Å². The molecule has 1 unspecified atom stereocenters. The molecule has 1 amide bonds. The summed E-state index contributed by atoms with van der Waals surface area (Å²) in [5.41, 5.74) is 2.49. The van der Waals surface area contributed by atoms with Gasteiger partial charge in [-0.1, -0.05) is 23.4 Å². The summed E-state index contributed by atoms with van der Waals surface area (Å²) in [5, 5.41) is 6.87. The van der Waals surface area contributed by atoms with Crippen LogP contribution in [0.4, 0.5) is 0 Å². The molecule has 1 N–H and O–H groups in total. The second-order valence-electron chi connectivity index (χ2n) is 5.12. The van der Waals surface area contributed by atoms with Gasteiger partial charge in [0, 0.05) is 30.9 Å². The van der Waals surface area contributed by atoms with E-state index in [1.54, 1.807) is 19.5 Å². The number of nitrogens with one attached hydrogen (secondary N) is 1. The minimum Gasteiger partial charge on any atom is -0.496 e. The molecule has 1 aliphatic rings. The average molecular weight is 311 g/mol. The molecule has 1 atom stereocenters. The van der Waals surface area contributed by atoms with Gasteiger partial charge in [-0.2, -0.15) is 0 Å². The molecule has 0 radical (unpaired) electrons. The van der Waals surface area contributed by atoms with Crippen LogP contribution in [0.2, 0.25) is 0 Å². The number of carbonyl (C=O) groups is 1. The number of para-hydroxylation sites is 1. The van der Waals surface area contributed by atoms with Crippen LogP contribution in [-0.2, 0) is 16.2 Å². The van der Waals surface area contributed by atoms with Gasteiger partial charge in [0.1, 0.15) is 5.75 Å². The van der Waals surface area contributed by atoms with Crippen molar-refractivity contribution in [1.82, 2.24) is 10.3 Å². The third-order valence-corrected chi connectivity index (χ3v) is 3.57. The maximum absolute atomic E-state index is 12.2. The lowest BCUT2D eigenvalue weighted by Crippen LogP contribution is -2.34. The number of benzene rings is 1. The maximum atomic E-state index is 12.2. The number of ether oxygens (including phenoxy) is 1. The van der Waals surface area contributed by atoms with Gasteiger partial charge in [-0.05, 0) is 23.8 Å². The number of hydrogen-bond acceptors (Lipinski definition) is 5. The third kappa shape index (κ3) is 3.48. The lowest BCUT2D eigenvalue weighted by Gasteiger charge is -2.10. The zero-order valence-electron chi connectivity index (χ0n) is 12.7. The van der Waals surface area contributed by atoms with E-state index in [9.17, 15) is 4.79 Å². The Morgan fingerprint density at radius 3 is 3.00 bits per heavy atom. The molecular weight excluding hydrogens is 294 g/mol. The fourth-order valence-electron chi connectivity index (χ4n) is 2.37. The van der Waals surface area contributed by atoms with Crippen molar-refractivity contribution < 1.29 is 14.4 Å². The first-order valence-corrected chi connectivity index (χ1v) is 7.30. The Labute approximate surface area is 134 Å². The highest BCUT2D eigenvalue weighted by Crippen LogP contribution is 2.24. The number of methoxy groups -OCH3 is 1. The third-order valence-electron chi connectivity index (χ3n) is 3.57. The van der Waals surface area contributed by atoms with E-state index < -0.39 is 6.10 Å². The van der Waals surface area contributed by atoms with Crippen LogP contribution in [0.25, 0.3) is 0 Å². The lowest BCUT2D eigenvalue weighted by molar-refractivity contribution is -0.131. The summed E-state index contributed by atoms with van der Waals surface area (Å²) in [5.74, 6) is 0.522. The topological polar surface area (TPSA) is 72.8 Å². The Morgan fingerprint density at radius 2 is 2.22 bits per heavy atom. The molecular formula is C17H17N3O3. The van der Waals surface area contributed by atoms with Crippen LogP contribution in [0.3, 0.4) is 0 Å². The van der Waals surface area contributed by atoms with Crippen LogP contribution in [0.5, 0.6) is 5.75 Å². The van der Waals surface area contributed by atoms with Gasteiger partial charge in [0.2, 0.25) is 6.10 Å². The van der Waals surface area contributed by atoms with Gasteiger partial charge in [-0.25, -0.2) is 0 Å². The fourth-order valence-corrected chi connectivity index (χ4v) is 2.37. The normalized spacial score (nSPS) is 16.4. The Morgan fingerprint density at radius 1 is 1.35 bits per heavy atom. The van der Waals surface area contributed by atoms with Crippen LogP contribution >= 0.6 is 0 Å². The number of oxime groups is 1. The number of carbonyl (C=O) groups excluding carboxylic acids is 1. The van der Waals surface area contributed by atoms with Crippen molar-refractivity contribution in [2.75, 3.05) is 7.11 Å². The number of nitrogens with zero attached hydrogens (tertiary/aromatic N) is 2. The lowest BCUT2D eigenvalue weighted by atomic mass is 10.0. The van der Waals surface area contributed by atoms with Crippen LogP contribution in [-0.4, -0.2) is 29.8 Å². The predicted molar refractivity (Wildman–Crippen MR) is 85.1 cm³/mol. The highest BCUT2D eigenvalue weighted by atomic mass is 16.6. The van der Waals surface area contributed by atoms with Crippen LogP contribution in [0.15, 0.2) is 53.9 Å². The van der Waals surface area contributed by atoms with Crippen molar-refractivity contribution >= 4 is 11.6 Å². The highest BCUT2D eigenvalue weighted by molar-refractivity contribution is 6.05. The standard InChI is InChI=1S/C17H17N3O3/c1-22-15-7-3-2-6-13(15)14-9-16(23-20-14)17(21)19-11-12-5-4-8-18-10-12/h2-8,10,16H,9,11H2,1H3,(H,19,21). The summed E-state index contributed by atoms with van der Waals surface area (Å²) in [6.45, 7) is 0.413. The number of pyridine rings is 1. The quantitative estimate of drug-likeness (QED) is 0.915. The van der Waals surface area contributed by atoms with Gasteiger partial charge in [0.15, 0.2) is 0 Å². The van der Waals surface area contributed by atoms with E-state index in [1.165, 1.54) is 0 Å². The SMILES string of the molecule is COc1ccccc1C1=NOC(C(=O)NCc2cccnc2)C1. The summed E-state index contributed by atoms with van der Waals surface area (Å²) in [7, 11) is 1.60. The molecule has 0 fully saturated rings. The second kappa shape index (κ2) is 6.91. The minimum absolute atomic E-state index is 0.192. The molecule has 0 bridgehead atoms. The zero-order chi connectivity index (χ0) is 16.1. The number of hydrogen-bond donors (Lipinski definition) is 1. The molecule has 1 aliphatic heterocycles. The molecule has 2 heterocycles. The minimum atomic E-state index is -0.619. The first-order chi connectivity index (χ1) is 11.3. The van der Waals surface area contributed by atoms with E-state index in [2.05, 4.69) is 15.5 Å². The molecule has 1 aromatic carbocycles. The van der Waals surface area contributed by atoms with Gasteiger partial charge in [-0.3, -0.25) is 9.78 Å². The van der Waals surface area contributed by atoms with E-state index >= 15 is 0 Å². The van der Waals surface area contributed by atoms with E-state index in [0.717, 1.165) is 11.1 Å². The molecule has 0 saturated carbocycles. The Bertz CT molecular complexity index is 716. The Hall–Kier alpha value is -2.89. The summed E-state index contributed by atoms with van der Waals surface area (Å²) >= 11 is 0. The number of aromatic nitrogens is 1. The molecule has 0 spiro atoms. The summed E-state index contributed by atoms with van der Waals surface area (Å²) in [4.78, 5) is 21.5. The average Bonchev–Trinajstić information content (AvgIpc) is 3.10. The molecule has 2 aromatic rings. The first-order valence-electron chi connectivity index (χ1n) is 7.30. The Kier molecular flexibility index (Phi) is 4.52. The van der Waals surface area contributed by atoms with Crippen LogP contribution < -0.4 is 10.1 Å². The monoisotopic (exact) mass is 311 g/mol. The highest BCUT2D eigenvalue weighted by Gasteiger charge is 2.29. The van der Waals surface area contributed by atoms with E-state index in [-0.39, 0.29) is 5.91 Å². The molecule has 6 heteroatoms. The van der Waals surface area contributed by atoms with Gasteiger partial charge >= 0.3 is 0 Å². The van der Waals surface area contributed by atoms with E-state index in [4.69, 9.17) is 9.57 Å². The number of amides is 1. The molecule has 0 aliphatic carbocycles. The van der Waals surface area contributed by atoms with Crippen molar-refractivity contribution in [3.05, 3.63) is 59.9 Å². The zero-order valence-corrected chi connectivity index (χ0v) is 12.7. The van der Waals surface area contributed by atoms with E-state index in [1.807, 2.05) is 36.4 Å². The molecule has 0 saturated heterocycles. The van der Waals surface area contributed by atoms with Gasteiger partial charge in [0.05, 0.1) is 12.8 Å². The van der Waals surface area contributed by atoms with Gasteiger partial charge < -0.3 is 14.9 Å². The molecule has 23 heavy (non-hydrogen) atoms. The first kappa shape index (κ1) is 15.0. The van der Waals surface area contributed by atoms with Crippen LogP contribution in [0, 0.1) is 0 Å². The fraction of sp³-hybridized carbons (Fsp3) is 0.235. The number of rotatable bonds is 5. The van der Waals surface area contributed by atoms with Gasteiger partial charge in [-0.15, -0.1) is 0 Å². The smallest absolute Gasteiger partial charge is 0.264 e. The van der Waals surface area contributed by atoms with Crippen molar-refractivity contribution in [3.63, 3.8) is 0 Å². The summed E-state index contributed by atoms with van der Waals surface area (Å²) in [6.07, 6.45) is 3.21. The molecule has 1 aromatic heterocycles. The van der Waals surface area contributed by atoms with E-state index in [0.29, 0.717) is 24.4 Å². The molecule has 3 rings (SSSR count). The Balaban J connectivity index is 1.59. The maximum Gasteiger partial charge on any atom is 0.264 e. The molecule has 118 valence electrons. The van der Waals surface area contributed by atoms with Gasteiger partial charge in [0.25, 0.3) is 5.91 Å². The van der Waals surface area contributed by atoms with Crippen molar-refractivity contribution in [2.45, 2.75) is 19.1 Å². The van der Waals surface area contributed by atoms with Crippen molar-refractivity contribution in [1.29, 1.82) is 0 Å². The largest absolute Gasteiger partial charge is 0.496 e. The van der Waals surface area contributed by atoms with Crippen molar-refractivity contribution in [2.24, 2.45) is 5.16 Å². The predicted octanol–water partition coefficient (Wildman–Crippen LogP) is 1.90. The summed E-state index contributed by atoms with van der Waals surface area (Å²) in [6, 6.07) is 11.3.